The average molecular weight is 1110 g/mol. The number of ketones is 1. The first-order chi connectivity index (χ1) is 33.7. The maximum Gasteiger partial charge on any atom is 0.471 e. The maximum atomic E-state index is 11.9. The molecule has 4 amide bonds. The van der Waals surface area contributed by atoms with E-state index in [0.717, 1.165) is 78.4 Å². The third kappa shape index (κ3) is 36.9. The number of carbonyl (C=O) groups is 4. The van der Waals surface area contributed by atoms with Gasteiger partial charge in [0, 0.05) is 122 Å². The molecule has 29 heteroatoms. The molecule has 0 saturated carbocycles. The summed E-state index contributed by atoms with van der Waals surface area (Å²) in [6, 6.07) is 0.375. The molecule has 0 bridgehead atoms. The summed E-state index contributed by atoms with van der Waals surface area (Å²) in [5.41, 5.74) is 5.32. The number of thioether (sulfide) groups is 1. The lowest BCUT2D eigenvalue weighted by Gasteiger charge is -2.16. The van der Waals surface area contributed by atoms with Gasteiger partial charge in [-0.25, -0.2) is 18.5 Å². The van der Waals surface area contributed by atoms with Crippen molar-refractivity contribution < 1.29 is 94.8 Å². The van der Waals surface area contributed by atoms with Gasteiger partial charge < -0.3 is 61.7 Å². The van der Waals surface area contributed by atoms with Crippen LogP contribution in [-0.2, 0) is 60.0 Å². The van der Waals surface area contributed by atoms with Gasteiger partial charge in [-0.2, -0.15) is 11.8 Å². The van der Waals surface area contributed by atoms with E-state index in [-0.39, 0.29) is 106 Å². The van der Waals surface area contributed by atoms with Gasteiger partial charge in [0.1, 0.15) is 5.78 Å². The van der Waals surface area contributed by atoms with Crippen LogP contribution in [-0.4, -0.2) is 171 Å². The zero-order chi connectivity index (χ0) is 53.6. The number of hydrogen-bond donors (Lipinski definition) is 11. The van der Waals surface area contributed by atoms with Gasteiger partial charge in [-0.15, -0.1) is 0 Å². The summed E-state index contributed by atoms with van der Waals surface area (Å²) in [7, 11) is -7.11. The molecule has 0 aromatic heterocycles. The van der Waals surface area contributed by atoms with Crippen molar-refractivity contribution in [2.45, 2.75) is 126 Å². The lowest BCUT2D eigenvalue weighted by Crippen LogP contribution is -2.36. The zero-order valence-corrected chi connectivity index (χ0v) is 45.5. The van der Waals surface area contributed by atoms with Gasteiger partial charge in [0.25, 0.3) is 0 Å². The first kappa shape index (κ1) is 69.4. The van der Waals surface area contributed by atoms with E-state index in [9.17, 15) is 48.0 Å². The van der Waals surface area contributed by atoms with Crippen molar-refractivity contribution in [1.82, 2.24) is 21.3 Å². The SMILES string of the molecule is COCCCC(=O)CCC(=O)NCCCCC(CO)COP(=O)(O)OC.COP(=O)(O)OCC(CO)CCCCN.COP(=O)(O)OCC(CO)CCCCNC(=O)CCCCC1SCC2NC(=O)NC21. The summed E-state index contributed by atoms with van der Waals surface area (Å²) in [6.07, 6.45) is 11.4. The minimum atomic E-state index is -4.03. The van der Waals surface area contributed by atoms with Crippen molar-refractivity contribution in [3.63, 3.8) is 0 Å². The van der Waals surface area contributed by atoms with E-state index < -0.39 is 23.5 Å². The predicted molar refractivity (Wildman–Crippen MR) is 266 cm³/mol. The van der Waals surface area contributed by atoms with Gasteiger partial charge in [-0.3, -0.25) is 41.5 Å². The summed E-state index contributed by atoms with van der Waals surface area (Å²) < 4.78 is 65.3. The second kappa shape index (κ2) is 41.6. The lowest BCUT2D eigenvalue weighted by molar-refractivity contribution is -0.125. The molecule has 71 heavy (non-hydrogen) atoms. The third-order valence-corrected chi connectivity index (χ3v) is 15.5. The predicted octanol–water partition coefficient (Wildman–Crippen LogP) is 3.28. The number of aliphatic hydroxyl groups is 3. The van der Waals surface area contributed by atoms with Crippen molar-refractivity contribution in [3.05, 3.63) is 0 Å². The summed E-state index contributed by atoms with van der Waals surface area (Å²) in [5.74, 6) is 0.214. The number of methoxy groups -OCH3 is 1. The Labute approximate surface area is 423 Å². The van der Waals surface area contributed by atoms with Gasteiger partial charge >= 0.3 is 29.5 Å². The topological polar surface area (TPSA) is 380 Å². The fourth-order valence-corrected chi connectivity index (χ4v) is 9.89. The molecular weight excluding hydrogens is 1020 g/mol. The van der Waals surface area contributed by atoms with Crippen molar-refractivity contribution in [1.29, 1.82) is 0 Å². The van der Waals surface area contributed by atoms with Gasteiger partial charge in [0.2, 0.25) is 11.8 Å². The third-order valence-electron chi connectivity index (χ3n) is 11.2. The Bertz CT molecular complexity index is 1600. The summed E-state index contributed by atoms with van der Waals surface area (Å²) in [6.45, 7) is 1.70. The smallest absolute Gasteiger partial charge is 0.396 e. The van der Waals surface area contributed by atoms with Crippen LogP contribution in [0, 0.1) is 17.8 Å². The van der Waals surface area contributed by atoms with E-state index in [2.05, 4.69) is 39.4 Å². The Kier molecular flexibility index (Phi) is 40.6. The van der Waals surface area contributed by atoms with Crippen molar-refractivity contribution >= 4 is 58.9 Å². The standard InChI is InChI=1S/C18H34N3O7PS.C16H32NO8P.C8H20NO5P/c1-27-29(25,26)28-11-13(10-22)6-4-5-9-19-16(23)8-3-2-7-15-17-14(12-30-15)20-18(24)21-17;1-23-11-5-7-15(19)8-9-16(20)17-10-4-3-6-14(12-18)13-25-26(21,22)24-2;1-13-15(11,12)14-7-8(6-10)4-2-3-5-9/h13-15,17,22H,2-12H2,1H3,(H,19,23)(H,25,26)(H2,20,21,24);14,18H,3-13H2,1-2H3,(H,17,20)(H,21,22);8,10H,2-7,9H2,1H3,(H,11,12). The van der Waals surface area contributed by atoms with Crippen LogP contribution in [0.1, 0.15) is 109 Å². The number of carbonyl (C=O) groups excluding carboxylic acids is 4. The average Bonchev–Trinajstić information content (AvgIpc) is 3.91. The van der Waals surface area contributed by atoms with E-state index in [1.165, 1.54) is 0 Å². The molecule has 2 aliphatic heterocycles. The van der Waals surface area contributed by atoms with Crippen LogP contribution in [0.2, 0.25) is 0 Å². The molecule has 420 valence electrons. The molecule has 2 heterocycles. The fourth-order valence-electron chi connectivity index (χ4n) is 6.83. The zero-order valence-electron chi connectivity index (χ0n) is 42.0. The highest BCUT2D eigenvalue weighted by Gasteiger charge is 2.42. The van der Waals surface area contributed by atoms with Crippen LogP contribution in [0.5, 0.6) is 0 Å². The summed E-state index contributed by atoms with van der Waals surface area (Å²) >= 11 is 1.88. The van der Waals surface area contributed by atoms with E-state index in [0.29, 0.717) is 76.4 Å². The molecule has 0 radical (unpaired) electrons. The summed E-state index contributed by atoms with van der Waals surface area (Å²) in [4.78, 5) is 73.8. The molecule has 2 aliphatic rings. The monoisotopic (exact) mass is 1110 g/mol. The van der Waals surface area contributed by atoms with Crippen molar-refractivity contribution in [3.8, 4) is 0 Å². The molecule has 0 aromatic rings. The van der Waals surface area contributed by atoms with Gasteiger partial charge in [0.15, 0.2) is 0 Å². The summed E-state index contributed by atoms with van der Waals surface area (Å²) in [5, 5.41) is 39.5. The molecule has 12 N–H and O–H groups in total. The van der Waals surface area contributed by atoms with Crippen LogP contribution in [0.15, 0.2) is 0 Å². The van der Waals surface area contributed by atoms with Crippen LogP contribution >= 0.6 is 35.2 Å². The van der Waals surface area contributed by atoms with E-state index in [4.69, 9.17) is 34.4 Å². The van der Waals surface area contributed by atoms with E-state index in [1.807, 2.05) is 11.8 Å². The molecule has 25 nitrogen and oxygen atoms in total. The maximum absolute atomic E-state index is 11.9. The van der Waals surface area contributed by atoms with E-state index in [1.54, 1.807) is 7.11 Å². The highest BCUT2D eigenvalue weighted by atomic mass is 32.2. The Morgan fingerprint density at radius 3 is 1.55 bits per heavy atom. The molecule has 2 fully saturated rings. The molecule has 0 spiro atoms. The number of nitrogens with two attached hydrogens (primary N) is 1. The molecule has 9 unspecified atom stereocenters. The molecule has 0 aliphatic carbocycles. The second-order valence-corrected chi connectivity index (χ2v) is 22.9. The number of urea groups is 1. The first-order valence-corrected chi connectivity index (χ1v) is 29.6. The Morgan fingerprint density at radius 2 is 1.11 bits per heavy atom. The Balaban J connectivity index is 0.00000109. The van der Waals surface area contributed by atoms with Crippen molar-refractivity contribution in [2.24, 2.45) is 23.5 Å². The number of rotatable bonds is 41. The minimum absolute atomic E-state index is 0.0166. The molecule has 2 rings (SSSR count). The quantitative estimate of drug-likeness (QED) is 0.0238. The number of aliphatic hydroxyl groups excluding tert-OH is 3. The number of phosphoric ester groups is 3. The molecule has 9 atom stereocenters. The number of fused-ring (bicyclic) bond motifs is 1. The van der Waals surface area contributed by atoms with Crippen LogP contribution in [0.4, 0.5) is 4.79 Å². The molecular formula is C42H86N5O20P3S. The number of amides is 4. The number of hydrogen-bond acceptors (Lipinski definition) is 19. The first-order valence-electron chi connectivity index (χ1n) is 24.1. The van der Waals surface area contributed by atoms with E-state index >= 15 is 0 Å². The van der Waals surface area contributed by atoms with Gasteiger partial charge in [-0.1, -0.05) is 25.7 Å². The highest BCUT2D eigenvalue weighted by molar-refractivity contribution is 8.00. The number of nitrogens with one attached hydrogen (secondary N) is 4. The number of unbranched alkanes of at least 4 members (excludes halogenated alkanes) is 4. The minimum Gasteiger partial charge on any atom is -0.396 e. The number of Topliss-reactive ketones (excluding diaryl/α,β-unsaturated/α-hetero) is 1. The number of phosphoric acid groups is 3. The lowest BCUT2D eigenvalue weighted by atomic mass is 10.0. The van der Waals surface area contributed by atoms with Gasteiger partial charge in [-0.05, 0) is 64.3 Å². The van der Waals surface area contributed by atoms with Crippen molar-refractivity contribution in [2.75, 3.05) is 100 Å². The van der Waals surface area contributed by atoms with Crippen LogP contribution in [0.25, 0.3) is 0 Å². The molecule has 2 saturated heterocycles. The van der Waals surface area contributed by atoms with Crippen LogP contribution in [0.3, 0.4) is 0 Å². The highest BCUT2D eigenvalue weighted by Crippen LogP contribution is 2.44. The second-order valence-electron chi connectivity index (χ2n) is 17.0. The number of ether oxygens (including phenoxy) is 1. The normalized spacial score (nSPS) is 19.9. The largest absolute Gasteiger partial charge is 0.471 e. The molecule has 0 aromatic carbocycles. The Hall–Kier alpha value is -1.64. The van der Waals surface area contributed by atoms with Gasteiger partial charge in [0.05, 0.1) is 31.9 Å². The van der Waals surface area contributed by atoms with Crippen LogP contribution < -0.4 is 27.0 Å². The Morgan fingerprint density at radius 1 is 0.648 bits per heavy atom. The fraction of sp³-hybridized carbons (Fsp3) is 0.905.